The third-order valence-electron chi connectivity index (χ3n) is 1.42. The summed E-state index contributed by atoms with van der Waals surface area (Å²) in [5.74, 6) is 0. The number of benzene rings is 1. The Kier molecular flexibility index (Phi) is 3.22. The molecule has 13 heavy (non-hydrogen) atoms. The largest absolute Gasteiger partial charge is 0.259 e. The lowest BCUT2D eigenvalue weighted by Gasteiger charge is -2.00. The molecule has 1 aromatic rings. The molecule has 0 N–H and O–H groups in total. The molecule has 1 aromatic carbocycles. The van der Waals surface area contributed by atoms with Gasteiger partial charge in [0.05, 0.1) is 4.90 Å². The van der Waals surface area contributed by atoms with E-state index in [2.05, 4.69) is 0 Å². The van der Waals surface area contributed by atoms with Crippen LogP contribution in [-0.2, 0) is 20.6 Å². The second kappa shape index (κ2) is 4.02. The van der Waals surface area contributed by atoms with Gasteiger partial charge in [0.25, 0.3) is 0 Å². The molecule has 1 atom stereocenters. The van der Waals surface area contributed by atoms with Gasteiger partial charge in [-0.2, -0.15) is 0 Å². The fraction of sp³-hybridized carbons (Fsp3) is 0.250. The highest BCUT2D eigenvalue weighted by atomic mass is 32.3. The summed E-state index contributed by atoms with van der Waals surface area (Å²) in [4.78, 5) is 0.227. The van der Waals surface area contributed by atoms with E-state index in [4.69, 9.17) is 0 Å². The Labute approximate surface area is 80.2 Å². The van der Waals surface area contributed by atoms with Crippen LogP contribution in [0.25, 0.3) is 0 Å². The van der Waals surface area contributed by atoms with Gasteiger partial charge in [-0.3, -0.25) is 4.21 Å². The molecular weight excluding hydrogens is 208 g/mol. The van der Waals surface area contributed by atoms with Crippen LogP contribution in [0.1, 0.15) is 0 Å². The Hall–Kier alpha value is -0.680. The van der Waals surface area contributed by atoms with Gasteiger partial charge in [0.15, 0.2) is 9.84 Å². The first-order chi connectivity index (χ1) is 6.02. The van der Waals surface area contributed by atoms with Crippen LogP contribution in [0, 0.1) is 0 Å². The van der Waals surface area contributed by atoms with Crippen molar-refractivity contribution in [2.75, 3.05) is 11.3 Å². The van der Waals surface area contributed by atoms with Gasteiger partial charge in [-0.15, -0.1) is 0 Å². The number of sulfone groups is 1. The minimum Gasteiger partial charge on any atom is -0.259 e. The van der Waals surface area contributed by atoms with E-state index in [-0.39, 0.29) is 9.98 Å². The van der Waals surface area contributed by atoms with Crippen LogP contribution in [0.15, 0.2) is 35.2 Å². The van der Waals surface area contributed by atoms with Crippen molar-refractivity contribution >= 4 is 20.6 Å². The lowest BCUT2D eigenvalue weighted by Crippen LogP contribution is -2.10. The molecule has 0 saturated heterocycles. The summed E-state index contributed by atoms with van der Waals surface area (Å²) in [6.45, 7) is 0. The summed E-state index contributed by atoms with van der Waals surface area (Å²) in [6, 6.07) is 8.03. The van der Waals surface area contributed by atoms with Crippen LogP contribution in [0.3, 0.4) is 0 Å². The SMILES string of the molecule is C[S@](=O)CS(=O)(=O)c1ccccc1. The maximum Gasteiger partial charge on any atom is 0.190 e. The molecule has 0 unspecified atom stereocenters. The van der Waals surface area contributed by atoms with Crippen LogP contribution >= 0.6 is 0 Å². The summed E-state index contributed by atoms with van der Waals surface area (Å²) in [5, 5.41) is -0.309. The smallest absolute Gasteiger partial charge is 0.190 e. The van der Waals surface area contributed by atoms with Crippen LogP contribution in [0.2, 0.25) is 0 Å². The lowest BCUT2D eigenvalue weighted by molar-refractivity contribution is 0.600. The Morgan fingerprint density at radius 2 is 1.77 bits per heavy atom. The van der Waals surface area contributed by atoms with Gasteiger partial charge >= 0.3 is 0 Å². The van der Waals surface area contributed by atoms with Crippen molar-refractivity contribution < 1.29 is 12.6 Å². The molecule has 3 nitrogen and oxygen atoms in total. The third kappa shape index (κ3) is 2.93. The van der Waals surface area contributed by atoms with Crippen molar-refractivity contribution in [2.24, 2.45) is 0 Å². The predicted octanol–water partition coefficient (Wildman–Crippen LogP) is 0.796. The summed E-state index contributed by atoms with van der Waals surface area (Å²) < 4.78 is 33.7. The Morgan fingerprint density at radius 1 is 1.23 bits per heavy atom. The molecule has 1 rings (SSSR count). The molecule has 0 fully saturated rings. The molecule has 0 aromatic heterocycles. The molecule has 0 amide bonds. The molecule has 0 saturated carbocycles. The van der Waals surface area contributed by atoms with E-state index >= 15 is 0 Å². The molecule has 0 radical (unpaired) electrons. The van der Waals surface area contributed by atoms with Crippen molar-refractivity contribution in [3.8, 4) is 0 Å². The predicted molar refractivity (Wildman–Crippen MR) is 52.6 cm³/mol. The maximum atomic E-state index is 11.4. The summed E-state index contributed by atoms with van der Waals surface area (Å²) in [6.07, 6.45) is 1.38. The van der Waals surface area contributed by atoms with Crippen LogP contribution < -0.4 is 0 Å². The first-order valence-electron chi connectivity index (χ1n) is 3.60. The Morgan fingerprint density at radius 3 is 2.23 bits per heavy atom. The zero-order valence-electron chi connectivity index (χ0n) is 7.14. The van der Waals surface area contributed by atoms with Gasteiger partial charge in [-0.1, -0.05) is 18.2 Å². The monoisotopic (exact) mass is 218 g/mol. The average Bonchev–Trinajstić information content (AvgIpc) is 2.04. The zero-order chi connectivity index (χ0) is 9.90. The first kappa shape index (κ1) is 10.4. The average molecular weight is 218 g/mol. The van der Waals surface area contributed by atoms with E-state index < -0.39 is 20.6 Å². The minimum absolute atomic E-state index is 0.227. The second-order valence-electron chi connectivity index (χ2n) is 2.62. The Balaban J connectivity index is 3.02. The van der Waals surface area contributed by atoms with Gasteiger partial charge in [0, 0.05) is 17.1 Å². The molecule has 0 aliphatic carbocycles. The normalized spacial score (nSPS) is 13.9. The van der Waals surface area contributed by atoms with E-state index in [0.717, 1.165) is 0 Å². The summed E-state index contributed by atoms with van der Waals surface area (Å²) in [5.41, 5.74) is 0. The first-order valence-corrected chi connectivity index (χ1v) is 6.98. The second-order valence-corrected chi connectivity index (χ2v) is 6.41. The molecule has 72 valence electrons. The summed E-state index contributed by atoms with van der Waals surface area (Å²) >= 11 is 0. The van der Waals surface area contributed by atoms with Crippen molar-refractivity contribution in [3.05, 3.63) is 30.3 Å². The van der Waals surface area contributed by atoms with Crippen molar-refractivity contribution in [1.29, 1.82) is 0 Å². The molecule has 0 aliphatic rings. The number of rotatable bonds is 3. The molecule has 5 heteroatoms. The molecule has 0 aliphatic heterocycles. The topological polar surface area (TPSA) is 51.2 Å². The summed E-state index contributed by atoms with van der Waals surface area (Å²) in [7, 11) is -4.68. The van der Waals surface area contributed by atoms with Gasteiger partial charge in [0.2, 0.25) is 0 Å². The van der Waals surface area contributed by atoms with E-state index in [0.29, 0.717) is 0 Å². The van der Waals surface area contributed by atoms with Crippen molar-refractivity contribution in [2.45, 2.75) is 4.90 Å². The fourth-order valence-electron chi connectivity index (χ4n) is 0.914. The van der Waals surface area contributed by atoms with E-state index in [1.165, 1.54) is 18.4 Å². The zero-order valence-corrected chi connectivity index (χ0v) is 8.77. The Bertz CT molecular complexity index is 395. The third-order valence-corrected chi connectivity index (χ3v) is 4.98. The minimum atomic E-state index is -3.36. The lowest BCUT2D eigenvalue weighted by atomic mass is 10.4. The van der Waals surface area contributed by atoms with Gasteiger partial charge in [-0.25, -0.2) is 8.42 Å². The maximum absolute atomic E-state index is 11.4. The number of hydrogen-bond acceptors (Lipinski definition) is 3. The van der Waals surface area contributed by atoms with E-state index in [1.54, 1.807) is 18.2 Å². The van der Waals surface area contributed by atoms with Crippen molar-refractivity contribution in [3.63, 3.8) is 0 Å². The van der Waals surface area contributed by atoms with Crippen molar-refractivity contribution in [1.82, 2.24) is 0 Å². The molecular formula is C8H10O3S2. The quantitative estimate of drug-likeness (QED) is 0.754. The van der Waals surface area contributed by atoms with E-state index in [1.807, 2.05) is 0 Å². The standard InChI is InChI=1S/C8H10O3S2/c1-12(9)7-13(10,11)8-5-3-2-4-6-8/h2-6H,7H2,1H3/t12-/m0/s1. The molecule has 0 spiro atoms. The molecule has 0 heterocycles. The highest BCUT2D eigenvalue weighted by Gasteiger charge is 2.14. The van der Waals surface area contributed by atoms with Gasteiger partial charge in [-0.05, 0) is 12.1 Å². The van der Waals surface area contributed by atoms with Crippen LogP contribution in [-0.4, -0.2) is 24.0 Å². The van der Waals surface area contributed by atoms with Crippen LogP contribution in [0.4, 0.5) is 0 Å². The fourth-order valence-corrected chi connectivity index (χ4v) is 3.78. The van der Waals surface area contributed by atoms with E-state index in [9.17, 15) is 12.6 Å². The number of hydrogen-bond donors (Lipinski definition) is 0. The molecule has 0 bridgehead atoms. The highest BCUT2D eigenvalue weighted by Crippen LogP contribution is 2.10. The van der Waals surface area contributed by atoms with Gasteiger partial charge < -0.3 is 0 Å². The van der Waals surface area contributed by atoms with Gasteiger partial charge in [0.1, 0.15) is 5.08 Å². The van der Waals surface area contributed by atoms with Crippen LogP contribution in [0.5, 0.6) is 0 Å². The highest BCUT2D eigenvalue weighted by molar-refractivity contribution is 8.05.